The van der Waals surface area contributed by atoms with Gasteiger partial charge in [0.15, 0.2) is 17.5 Å². The third-order valence-corrected chi connectivity index (χ3v) is 9.39. The van der Waals surface area contributed by atoms with E-state index in [2.05, 4.69) is 0 Å². The average Bonchev–Trinajstić information content (AvgIpc) is 3.98. The summed E-state index contributed by atoms with van der Waals surface area (Å²) >= 11 is 0. The molecule has 0 aliphatic heterocycles. The molecule has 0 N–H and O–H groups in total. The van der Waals surface area contributed by atoms with Crippen molar-refractivity contribution in [2.24, 2.45) is 0 Å². The Morgan fingerprint density at radius 1 is 0.339 bits per heavy atom. The maximum atomic E-state index is 9.58. The minimum Gasteiger partial charge on any atom is -0.456 e. The van der Waals surface area contributed by atoms with E-state index >= 15 is 0 Å². The minimum absolute atomic E-state index is 0.125. The summed E-state index contributed by atoms with van der Waals surface area (Å²) in [5, 5.41) is 1.06. The molecule has 3 aromatic heterocycles. The highest BCUT2D eigenvalue weighted by Crippen LogP contribution is 2.38. The van der Waals surface area contributed by atoms with E-state index in [1.165, 1.54) is 0 Å². The van der Waals surface area contributed by atoms with Gasteiger partial charge in [-0.1, -0.05) is 151 Å². The Hall–Kier alpha value is -7.63. The van der Waals surface area contributed by atoms with Crippen molar-refractivity contribution in [1.82, 2.24) is 15.0 Å². The van der Waals surface area contributed by atoms with E-state index in [1.807, 2.05) is 91.0 Å². The van der Waals surface area contributed by atoms with Gasteiger partial charge in [0, 0.05) is 32.7 Å². The van der Waals surface area contributed by atoms with Gasteiger partial charge in [0.2, 0.25) is 0 Å². The zero-order valence-corrected chi connectivity index (χ0v) is 28.9. The third kappa shape index (κ3) is 5.53. The third-order valence-electron chi connectivity index (χ3n) is 9.39. The maximum Gasteiger partial charge on any atom is 0.167 e. The van der Waals surface area contributed by atoms with Gasteiger partial charge in [0.25, 0.3) is 0 Å². The van der Waals surface area contributed by atoms with Crippen LogP contribution in [0, 0.1) is 0 Å². The second-order valence-electron chi connectivity index (χ2n) is 12.8. The van der Waals surface area contributed by atoms with Gasteiger partial charge >= 0.3 is 0 Å². The fourth-order valence-corrected chi connectivity index (χ4v) is 6.67. The summed E-state index contributed by atoms with van der Waals surface area (Å²) in [4.78, 5) is 14.5. The molecule has 0 saturated carbocycles. The number of furan rings is 2. The molecule has 0 saturated heterocycles. The lowest BCUT2D eigenvalue weighted by Crippen LogP contribution is -2.00. The SMILES string of the molecule is [2H]c1c([2H])c([2H])c(-c2c([2H])c([2H])c(-c3c([2H])c([2H])c4oc5c([2H])c(-c6nc(-c7ccc(-c8ccccc8)cc7)nc(-c7cccc8c7oc7ccccc78)n6)c([2H])c([2H])c5c4c3[2H])c([2H])c2[2H])c([2H])c1[2H]. The Balaban J connectivity index is 1.13. The quantitative estimate of drug-likeness (QED) is 0.170. The van der Waals surface area contributed by atoms with E-state index < -0.39 is 118 Å². The van der Waals surface area contributed by atoms with Gasteiger partial charge in [-0.3, -0.25) is 0 Å². The Labute approximate surface area is 343 Å². The highest BCUT2D eigenvalue weighted by Gasteiger charge is 2.19. The summed E-state index contributed by atoms with van der Waals surface area (Å²) in [5.74, 6) is 0.105. The first-order chi connectivity index (χ1) is 34.0. The number of hydrogen-bond acceptors (Lipinski definition) is 5. The molecule has 0 aliphatic carbocycles. The van der Waals surface area contributed by atoms with Crippen LogP contribution in [0.3, 0.4) is 0 Å². The van der Waals surface area contributed by atoms with Gasteiger partial charge in [-0.25, -0.2) is 15.0 Å². The van der Waals surface area contributed by atoms with Gasteiger partial charge in [-0.15, -0.1) is 0 Å². The van der Waals surface area contributed by atoms with Crippen LogP contribution < -0.4 is 0 Å². The minimum atomic E-state index is -0.841. The molecule has 0 fully saturated rings. The molecule has 0 radical (unpaired) electrons. The van der Waals surface area contributed by atoms with Crippen molar-refractivity contribution in [3.63, 3.8) is 0 Å². The van der Waals surface area contributed by atoms with Gasteiger partial charge in [-0.05, 0) is 69.7 Å². The lowest BCUT2D eigenvalue weighted by atomic mass is 9.99. The molecule has 0 amide bonds. The molecule has 56 heavy (non-hydrogen) atoms. The Morgan fingerprint density at radius 2 is 0.964 bits per heavy atom. The van der Waals surface area contributed by atoms with Crippen LogP contribution in [0.15, 0.2) is 197 Å². The van der Waals surface area contributed by atoms with E-state index in [1.54, 1.807) is 6.07 Å². The molecule has 11 rings (SSSR count). The summed E-state index contributed by atoms with van der Waals surface area (Å²) in [7, 11) is 0. The number of para-hydroxylation sites is 2. The maximum absolute atomic E-state index is 9.58. The number of aromatic nitrogens is 3. The van der Waals surface area contributed by atoms with Crippen molar-refractivity contribution in [2.75, 3.05) is 0 Å². The lowest BCUT2D eigenvalue weighted by Gasteiger charge is -2.09. The first kappa shape index (κ1) is 20.2. The van der Waals surface area contributed by atoms with Crippen molar-refractivity contribution in [3.8, 4) is 67.5 Å². The summed E-state index contributed by atoms with van der Waals surface area (Å²) in [6.45, 7) is 0. The highest BCUT2D eigenvalue weighted by molar-refractivity contribution is 6.09. The molecule has 5 heteroatoms. The number of hydrogen-bond donors (Lipinski definition) is 0. The zero-order valence-electron chi connectivity index (χ0n) is 43.9. The predicted molar refractivity (Wildman–Crippen MR) is 227 cm³/mol. The number of fused-ring (bicyclic) bond motifs is 6. The fourth-order valence-electron chi connectivity index (χ4n) is 6.67. The van der Waals surface area contributed by atoms with Crippen molar-refractivity contribution in [3.05, 3.63) is 188 Å². The number of benzene rings is 8. The second-order valence-corrected chi connectivity index (χ2v) is 12.8. The molecule has 3 heterocycles. The standard InChI is InChI=1S/C51H31N3O2/c1-3-10-32(11-4-1)34-18-20-36(21-19-34)38-27-29-46-44(30-38)41-28-26-39(31-47(41)55-46)50-52-49(37-24-22-35(23-25-37)33-12-5-2-6-13-33)53-51(54-50)43-16-9-15-42-40-14-7-8-17-45(40)56-48(42)43/h1-31H/i1D,3D,4D,10D,11D,18D,19D,20D,21D,26D,27D,28D,29D,30D,31D. The van der Waals surface area contributed by atoms with Crippen molar-refractivity contribution < 1.29 is 29.4 Å². The molecule has 262 valence electrons. The Kier molecular flexibility index (Phi) is 4.70. The van der Waals surface area contributed by atoms with E-state index in [-0.39, 0.29) is 39.4 Å². The van der Waals surface area contributed by atoms with Crippen molar-refractivity contribution >= 4 is 43.9 Å². The predicted octanol–water partition coefficient (Wildman–Crippen LogP) is 13.7. The summed E-state index contributed by atoms with van der Waals surface area (Å²) in [5.41, 5.74) is 0.634. The molecule has 5 nitrogen and oxygen atoms in total. The average molecular weight is 733 g/mol. The normalized spacial score (nSPS) is 15.3. The molecule has 0 atom stereocenters. The molecular formula is C51H31N3O2. The van der Waals surface area contributed by atoms with Crippen LogP contribution in [0.25, 0.3) is 111 Å². The van der Waals surface area contributed by atoms with Crippen LogP contribution in [0.4, 0.5) is 0 Å². The Bertz CT molecular complexity index is 4060. The van der Waals surface area contributed by atoms with Crippen LogP contribution in [0.1, 0.15) is 20.6 Å². The molecule has 0 unspecified atom stereocenters. The largest absolute Gasteiger partial charge is 0.456 e. The molecule has 0 spiro atoms. The van der Waals surface area contributed by atoms with Crippen LogP contribution in [-0.4, -0.2) is 15.0 Å². The van der Waals surface area contributed by atoms with Crippen LogP contribution in [-0.2, 0) is 0 Å². The monoisotopic (exact) mass is 732 g/mol. The van der Waals surface area contributed by atoms with Crippen molar-refractivity contribution in [1.29, 1.82) is 0 Å². The van der Waals surface area contributed by atoms with Crippen LogP contribution in [0.5, 0.6) is 0 Å². The van der Waals surface area contributed by atoms with Crippen molar-refractivity contribution in [2.45, 2.75) is 0 Å². The van der Waals surface area contributed by atoms with Gasteiger partial charge < -0.3 is 8.83 Å². The Morgan fingerprint density at radius 3 is 1.79 bits per heavy atom. The highest BCUT2D eigenvalue weighted by atomic mass is 16.3. The van der Waals surface area contributed by atoms with Gasteiger partial charge in [0.05, 0.1) is 26.1 Å². The molecular weight excluding hydrogens is 687 g/mol. The van der Waals surface area contributed by atoms with Gasteiger partial charge in [0.1, 0.15) is 22.3 Å². The van der Waals surface area contributed by atoms with E-state index in [0.29, 0.717) is 22.3 Å². The van der Waals surface area contributed by atoms with Crippen LogP contribution in [0.2, 0.25) is 0 Å². The summed E-state index contributed by atoms with van der Waals surface area (Å²) in [6, 6.07) is 19.4. The number of rotatable bonds is 6. The smallest absolute Gasteiger partial charge is 0.167 e. The van der Waals surface area contributed by atoms with E-state index in [0.717, 1.165) is 21.9 Å². The zero-order chi connectivity index (χ0) is 50.1. The lowest BCUT2D eigenvalue weighted by molar-refractivity contribution is 0.668. The number of nitrogens with zero attached hydrogens (tertiary/aromatic N) is 3. The first-order valence-electron chi connectivity index (χ1n) is 25.0. The van der Waals surface area contributed by atoms with E-state index in [4.69, 9.17) is 38.9 Å². The fraction of sp³-hybridized carbons (Fsp3) is 0. The molecule has 0 bridgehead atoms. The second kappa shape index (κ2) is 13.0. The molecule has 8 aromatic carbocycles. The van der Waals surface area contributed by atoms with Crippen LogP contribution >= 0.6 is 0 Å². The van der Waals surface area contributed by atoms with E-state index in [9.17, 15) is 5.48 Å². The topological polar surface area (TPSA) is 65.0 Å². The first-order valence-corrected chi connectivity index (χ1v) is 17.5. The molecule has 0 aliphatic rings. The summed E-state index contributed by atoms with van der Waals surface area (Å²) in [6.07, 6.45) is 0. The molecule has 11 aromatic rings. The summed E-state index contributed by atoms with van der Waals surface area (Å²) < 4.78 is 146. The van der Waals surface area contributed by atoms with Gasteiger partial charge in [-0.2, -0.15) is 0 Å².